The molecule has 1 aliphatic rings. The van der Waals surface area contributed by atoms with Crippen LogP contribution in [-0.4, -0.2) is 23.0 Å². The van der Waals surface area contributed by atoms with Crippen molar-refractivity contribution in [2.45, 2.75) is 17.2 Å². The van der Waals surface area contributed by atoms with E-state index in [9.17, 15) is 4.79 Å². The number of ether oxygens (including phenoxy) is 1. The molecular weight excluding hydrogens is 416 g/mol. The summed E-state index contributed by atoms with van der Waals surface area (Å²) in [4.78, 5) is 15.5. The highest BCUT2D eigenvalue weighted by Gasteiger charge is 2.31. The van der Waals surface area contributed by atoms with Gasteiger partial charge in [-0.05, 0) is 54.2 Å². The Kier molecular flexibility index (Phi) is 6.21. The molecule has 0 radical (unpaired) electrons. The lowest BCUT2D eigenvalue weighted by Crippen LogP contribution is -2.29. The molecule has 1 aliphatic heterocycles. The molecular formula is C23H20N2O3S2. The molecule has 7 heteroatoms. The van der Waals surface area contributed by atoms with Gasteiger partial charge in [0.2, 0.25) is 0 Å². The van der Waals surface area contributed by atoms with Gasteiger partial charge < -0.3 is 14.5 Å². The minimum Gasteiger partial charge on any atom is -0.496 e. The fraction of sp³-hybridized carbons (Fsp3) is 0.130. The molecule has 1 aromatic heterocycles. The van der Waals surface area contributed by atoms with E-state index in [2.05, 4.69) is 17.4 Å². The number of nitrogens with zero attached hydrogens (tertiary/aromatic N) is 1. The summed E-state index contributed by atoms with van der Waals surface area (Å²) in [6, 6.07) is 19.8. The van der Waals surface area contributed by atoms with E-state index in [1.807, 2.05) is 42.5 Å². The van der Waals surface area contributed by atoms with Crippen LogP contribution in [0.2, 0.25) is 0 Å². The van der Waals surface area contributed by atoms with Gasteiger partial charge in [0.15, 0.2) is 5.11 Å². The SMILES string of the molecule is COc1cc(/C=C2/NC(=S)N(Cc3ccco3)C2=O)ccc1CSc1ccccc1. The molecule has 3 aromatic rings. The number of methoxy groups -OCH3 is 1. The van der Waals surface area contributed by atoms with E-state index in [-0.39, 0.29) is 5.91 Å². The van der Waals surface area contributed by atoms with E-state index in [1.54, 1.807) is 37.3 Å². The third-order valence-corrected chi connectivity index (χ3v) is 6.00. The van der Waals surface area contributed by atoms with E-state index in [0.29, 0.717) is 23.1 Å². The second-order valence-corrected chi connectivity index (χ2v) is 8.07. The number of thiocarbonyl (C=S) groups is 1. The Morgan fingerprint density at radius 1 is 1.17 bits per heavy atom. The Hall–Kier alpha value is -3.03. The van der Waals surface area contributed by atoms with Crippen LogP contribution >= 0.6 is 24.0 Å². The number of benzene rings is 2. The molecule has 0 atom stereocenters. The van der Waals surface area contributed by atoms with E-state index < -0.39 is 0 Å². The molecule has 0 bridgehead atoms. The lowest BCUT2D eigenvalue weighted by Gasteiger charge is -2.11. The molecule has 152 valence electrons. The van der Waals surface area contributed by atoms with Crippen LogP contribution in [0.5, 0.6) is 5.75 Å². The first-order valence-corrected chi connectivity index (χ1v) is 10.7. The molecule has 1 saturated heterocycles. The third-order valence-electron chi connectivity index (χ3n) is 4.62. The van der Waals surface area contributed by atoms with E-state index in [1.165, 1.54) is 9.80 Å². The topological polar surface area (TPSA) is 54.7 Å². The van der Waals surface area contributed by atoms with Gasteiger partial charge >= 0.3 is 0 Å². The molecule has 30 heavy (non-hydrogen) atoms. The second-order valence-electron chi connectivity index (χ2n) is 6.63. The van der Waals surface area contributed by atoms with E-state index >= 15 is 0 Å². The van der Waals surface area contributed by atoms with Gasteiger partial charge in [-0.1, -0.05) is 30.3 Å². The molecule has 5 nitrogen and oxygen atoms in total. The minimum atomic E-state index is -0.181. The van der Waals surface area contributed by atoms with Crippen LogP contribution in [-0.2, 0) is 17.1 Å². The molecule has 2 heterocycles. The van der Waals surface area contributed by atoms with Gasteiger partial charge in [-0.3, -0.25) is 9.69 Å². The monoisotopic (exact) mass is 436 g/mol. The maximum absolute atomic E-state index is 12.8. The van der Waals surface area contributed by atoms with Gasteiger partial charge in [-0.15, -0.1) is 11.8 Å². The molecule has 1 N–H and O–H groups in total. The van der Waals surface area contributed by atoms with Gasteiger partial charge in [0.25, 0.3) is 5.91 Å². The summed E-state index contributed by atoms with van der Waals surface area (Å²) >= 11 is 7.07. The summed E-state index contributed by atoms with van der Waals surface area (Å²) in [5, 5.41) is 3.36. The Balaban J connectivity index is 1.49. The van der Waals surface area contributed by atoms with Crippen molar-refractivity contribution in [3.63, 3.8) is 0 Å². The van der Waals surface area contributed by atoms with Crippen molar-refractivity contribution in [3.8, 4) is 5.75 Å². The zero-order valence-corrected chi connectivity index (χ0v) is 18.0. The van der Waals surface area contributed by atoms with Gasteiger partial charge in [-0.25, -0.2) is 0 Å². The number of hydrogen-bond donors (Lipinski definition) is 1. The molecule has 1 fully saturated rings. The maximum Gasteiger partial charge on any atom is 0.276 e. The van der Waals surface area contributed by atoms with Crippen molar-refractivity contribution in [2.75, 3.05) is 7.11 Å². The Labute approximate surface area is 184 Å². The van der Waals surface area contributed by atoms with Crippen LogP contribution in [0.3, 0.4) is 0 Å². The van der Waals surface area contributed by atoms with Crippen LogP contribution in [0.15, 0.2) is 81.9 Å². The Bertz CT molecular complexity index is 1080. The predicted molar refractivity (Wildman–Crippen MR) is 122 cm³/mol. The molecule has 4 rings (SSSR count). The number of thioether (sulfide) groups is 1. The summed E-state index contributed by atoms with van der Waals surface area (Å²) in [6.07, 6.45) is 3.36. The number of amides is 1. The first-order chi connectivity index (χ1) is 14.6. The number of carbonyl (C=O) groups excluding carboxylic acids is 1. The number of carbonyl (C=O) groups is 1. The maximum atomic E-state index is 12.8. The number of furan rings is 1. The van der Waals surface area contributed by atoms with Crippen molar-refractivity contribution in [1.29, 1.82) is 0 Å². The van der Waals surface area contributed by atoms with Crippen molar-refractivity contribution in [3.05, 3.63) is 89.5 Å². The normalized spacial score (nSPS) is 15.0. The van der Waals surface area contributed by atoms with Crippen molar-refractivity contribution >= 4 is 41.1 Å². The fourth-order valence-electron chi connectivity index (χ4n) is 3.09. The first-order valence-electron chi connectivity index (χ1n) is 9.36. The molecule has 1 amide bonds. The zero-order chi connectivity index (χ0) is 20.9. The molecule has 2 aromatic carbocycles. The van der Waals surface area contributed by atoms with Crippen LogP contribution in [0.4, 0.5) is 0 Å². The molecule has 0 saturated carbocycles. The molecule has 0 spiro atoms. The van der Waals surface area contributed by atoms with Crippen molar-refractivity contribution in [1.82, 2.24) is 10.2 Å². The summed E-state index contributed by atoms with van der Waals surface area (Å²) in [6.45, 7) is 0.300. The average molecular weight is 437 g/mol. The first kappa shape index (κ1) is 20.3. The molecule has 0 aliphatic carbocycles. The zero-order valence-electron chi connectivity index (χ0n) is 16.3. The summed E-state index contributed by atoms with van der Waals surface area (Å²) in [5.74, 6) is 2.07. The fourth-order valence-corrected chi connectivity index (χ4v) is 4.26. The number of hydrogen-bond acceptors (Lipinski definition) is 5. The summed E-state index contributed by atoms with van der Waals surface area (Å²) in [7, 11) is 1.65. The van der Waals surface area contributed by atoms with Crippen LogP contribution in [0.1, 0.15) is 16.9 Å². The average Bonchev–Trinajstić information content (AvgIpc) is 3.37. The smallest absolute Gasteiger partial charge is 0.276 e. The minimum absolute atomic E-state index is 0.181. The highest BCUT2D eigenvalue weighted by molar-refractivity contribution is 7.98. The summed E-state index contributed by atoms with van der Waals surface area (Å²) < 4.78 is 10.9. The Morgan fingerprint density at radius 2 is 2.00 bits per heavy atom. The highest BCUT2D eigenvalue weighted by atomic mass is 32.2. The lowest BCUT2D eigenvalue weighted by molar-refractivity contribution is -0.122. The number of rotatable bonds is 7. The molecule has 0 unspecified atom stereocenters. The third kappa shape index (κ3) is 4.58. The Morgan fingerprint density at radius 3 is 2.73 bits per heavy atom. The van der Waals surface area contributed by atoms with Gasteiger partial charge in [0.1, 0.15) is 17.2 Å². The van der Waals surface area contributed by atoms with E-state index in [0.717, 1.165) is 22.6 Å². The van der Waals surface area contributed by atoms with Crippen molar-refractivity contribution in [2.24, 2.45) is 0 Å². The quantitative estimate of drug-likeness (QED) is 0.325. The standard InChI is InChI=1S/C23H20N2O3S2/c1-27-21-13-16(9-10-17(21)15-30-19-7-3-2-4-8-19)12-20-22(26)25(23(29)24-20)14-18-6-5-11-28-18/h2-13H,14-15H2,1H3,(H,24,29)/b20-12+. The number of nitrogens with one attached hydrogen (secondary N) is 1. The van der Waals surface area contributed by atoms with Gasteiger partial charge in [0, 0.05) is 16.2 Å². The highest BCUT2D eigenvalue weighted by Crippen LogP contribution is 2.29. The second kappa shape index (κ2) is 9.19. The lowest BCUT2D eigenvalue weighted by atomic mass is 10.1. The predicted octanol–water partition coefficient (Wildman–Crippen LogP) is 4.84. The van der Waals surface area contributed by atoms with Gasteiger partial charge in [0.05, 0.1) is 19.9 Å². The van der Waals surface area contributed by atoms with Crippen LogP contribution in [0.25, 0.3) is 6.08 Å². The summed E-state index contributed by atoms with van der Waals surface area (Å²) in [5.41, 5.74) is 2.38. The van der Waals surface area contributed by atoms with E-state index in [4.69, 9.17) is 21.4 Å². The van der Waals surface area contributed by atoms with Crippen LogP contribution < -0.4 is 10.1 Å². The van der Waals surface area contributed by atoms with Gasteiger partial charge in [-0.2, -0.15) is 0 Å². The largest absolute Gasteiger partial charge is 0.496 e. The van der Waals surface area contributed by atoms with Crippen LogP contribution in [0, 0.1) is 0 Å². The van der Waals surface area contributed by atoms with Crippen molar-refractivity contribution < 1.29 is 13.9 Å².